The Labute approximate surface area is 95.6 Å². The summed E-state index contributed by atoms with van der Waals surface area (Å²) < 4.78 is 0. The first-order valence-electron chi connectivity index (χ1n) is 4.20. The third-order valence-corrected chi connectivity index (χ3v) is 2.28. The smallest absolute Gasteiger partial charge is 0.239 e. The van der Waals surface area contributed by atoms with Gasteiger partial charge in [-0.25, -0.2) is 4.98 Å². The number of rotatable bonds is 2. The molecule has 1 aromatic heterocycles. The number of H-pyrrole nitrogens is 1. The molecule has 78 valence electrons. The minimum atomic E-state index is -0.248. The monoisotopic (exact) mass is 243 g/mol. The van der Waals surface area contributed by atoms with Crippen molar-refractivity contribution in [1.29, 1.82) is 0 Å². The van der Waals surface area contributed by atoms with Crippen molar-refractivity contribution in [2.24, 2.45) is 0 Å². The number of carbonyl (C=O) groups excluding carboxylic acids is 1. The summed E-state index contributed by atoms with van der Waals surface area (Å²) in [6, 6.07) is 5.25. The molecular weight excluding hydrogens is 237 g/mol. The van der Waals surface area contributed by atoms with Crippen LogP contribution in [0.3, 0.4) is 0 Å². The summed E-state index contributed by atoms with van der Waals surface area (Å²) in [4.78, 5) is 17.9. The van der Waals surface area contributed by atoms with Crippen molar-refractivity contribution in [2.75, 3.05) is 11.2 Å². The zero-order valence-electron chi connectivity index (χ0n) is 7.55. The molecule has 0 aliphatic rings. The lowest BCUT2D eigenvalue weighted by atomic mass is 10.3. The summed E-state index contributed by atoms with van der Waals surface area (Å²) in [6.07, 6.45) is 0. The third-order valence-electron chi connectivity index (χ3n) is 1.86. The van der Waals surface area contributed by atoms with Crippen molar-refractivity contribution in [2.45, 2.75) is 0 Å². The van der Waals surface area contributed by atoms with Gasteiger partial charge in [-0.1, -0.05) is 0 Å². The number of halogens is 2. The van der Waals surface area contributed by atoms with Gasteiger partial charge in [0.05, 0.1) is 11.0 Å². The number of imidazole rings is 1. The molecule has 15 heavy (non-hydrogen) atoms. The largest absolute Gasteiger partial charge is 0.329 e. The van der Waals surface area contributed by atoms with Crippen molar-refractivity contribution in [1.82, 2.24) is 9.97 Å². The molecule has 0 saturated heterocycles. The molecule has 2 aromatic rings. The number of benzene rings is 1. The number of aromatic nitrogens is 2. The van der Waals surface area contributed by atoms with Crippen LogP contribution in [0.25, 0.3) is 11.0 Å². The number of fused-ring (bicyclic) bond motifs is 1. The fraction of sp³-hybridized carbons (Fsp3) is 0.111. The van der Waals surface area contributed by atoms with Crippen LogP contribution in [0.1, 0.15) is 0 Å². The molecule has 2 N–H and O–H groups in total. The Morgan fingerprint density at radius 1 is 1.53 bits per heavy atom. The maximum Gasteiger partial charge on any atom is 0.239 e. The second-order valence-electron chi connectivity index (χ2n) is 2.94. The third kappa shape index (κ3) is 2.22. The summed E-state index contributed by atoms with van der Waals surface area (Å²) in [5, 5.41) is 2.96. The van der Waals surface area contributed by atoms with Gasteiger partial charge in [0.15, 0.2) is 0 Å². The highest BCUT2D eigenvalue weighted by atomic mass is 35.5. The van der Waals surface area contributed by atoms with Crippen LogP contribution in [-0.2, 0) is 4.79 Å². The Hall–Kier alpha value is -1.26. The van der Waals surface area contributed by atoms with E-state index in [4.69, 9.17) is 23.2 Å². The SMILES string of the molecule is O=C(CCl)Nc1ccc2nc(Cl)[nH]c2c1. The topological polar surface area (TPSA) is 57.8 Å². The predicted octanol–water partition coefficient (Wildman–Crippen LogP) is 2.39. The maximum atomic E-state index is 11.0. The number of hydrogen-bond acceptors (Lipinski definition) is 2. The van der Waals surface area contributed by atoms with Gasteiger partial charge in [-0.15, -0.1) is 11.6 Å². The highest BCUT2D eigenvalue weighted by molar-refractivity contribution is 6.29. The molecule has 6 heteroatoms. The molecular formula is C9H7Cl2N3O. The molecule has 0 spiro atoms. The lowest BCUT2D eigenvalue weighted by molar-refractivity contribution is -0.113. The number of hydrogen-bond donors (Lipinski definition) is 2. The number of amides is 1. The van der Waals surface area contributed by atoms with E-state index in [1.54, 1.807) is 18.2 Å². The van der Waals surface area contributed by atoms with E-state index in [2.05, 4.69) is 15.3 Å². The van der Waals surface area contributed by atoms with E-state index in [-0.39, 0.29) is 11.8 Å². The Morgan fingerprint density at radius 2 is 2.33 bits per heavy atom. The Balaban J connectivity index is 2.33. The van der Waals surface area contributed by atoms with E-state index in [9.17, 15) is 4.79 Å². The van der Waals surface area contributed by atoms with Crippen LogP contribution in [0.2, 0.25) is 5.28 Å². The maximum absolute atomic E-state index is 11.0. The standard InChI is InChI=1S/C9H7Cl2N3O/c10-4-8(15)12-5-1-2-6-7(3-5)14-9(11)13-6/h1-3H,4H2,(H,12,15)(H,13,14). The minimum absolute atomic E-state index is 0.0677. The van der Waals surface area contributed by atoms with E-state index in [0.29, 0.717) is 11.0 Å². The molecule has 0 fully saturated rings. The van der Waals surface area contributed by atoms with Crippen molar-refractivity contribution < 1.29 is 4.79 Å². The number of aromatic amines is 1. The molecule has 0 atom stereocenters. The lowest BCUT2D eigenvalue weighted by Gasteiger charge is -2.01. The first-order valence-corrected chi connectivity index (χ1v) is 5.11. The quantitative estimate of drug-likeness (QED) is 0.797. The average Bonchev–Trinajstić information content (AvgIpc) is 2.57. The van der Waals surface area contributed by atoms with E-state index >= 15 is 0 Å². The van der Waals surface area contributed by atoms with Crippen LogP contribution in [0.4, 0.5) is 5.69 Å². The van der Waals surface area contributed by atoms with Gasteiger partial charge in [-0.3, -0.25) is 4.79 Å². The van der Waals surface area contributed by atoms with Crippen LogP contribution in [0.15, 0.2) is 18.2 Å². The van der Waals surface area contributed by atoms with Crippen LogP contribution < -0.4 is 5.32 Å². The summed E-state index contributed by atoms with van der Waals surface area (Å²) in [5.74, 6) is -0.316. The summed E-state index contributed by atoms with van der Waals surface area (Å²) in [5.41, 5.74) is 2.18. The van der Waals surface area contributed by atoms with Crippen molar-refractivity contribution in [3.05, 3.63) is 23.5 Å². The summed E-state index contributed by atoms with van der Waals surface area (Å²) >= 11 is 11.1. The Morgan fingerprint density at radius 3 is 3.07 bits per heavy atom. The molecule has 0 aliphatic heterocycles. The first kappa shape index (κ1) is 10.3. The molecule has 1 amide bonds. The molecule has 0 bridgehead atoms. The summed E-state index contributed by atoms with van der Waals surface area (Å²) in [6.45, 7) is 0. The van der Waals surface area contributed by atoms with E-state index in [1.807, 2.05) is 0 Å². The van der Waals surface area contributed by atoms with Crippen molar-refractivity contribution in [3.8, 4) is 0 Å². The Kier molecular flexibility index (Phi) is 2.79. The first-order chi connectivity index (χ1) is 7.19. The molecule has 0 aliphatic carbocycles. The zero-order chi connectivity index (χ0) is 10.8. The fourth-order valence-electron chi connectivity index (χ4n) is 1.25. The van der Waals surface area contributed by atoms with Gasteiger partial charge in [-0.05, 0) is 29.8 Å². The van der Waals surface area contributed by atoms with Gasteiger partial charge in [-0.2, -0.15) is 0 Å². The fourth-order valence-corrected chi connectivity index (χ4v) is 1.51. The van der Waals surface area contributed by atoms with Crippen LogP contribution >= 0.6 is 23.2 Å². The number of carbonyl (C=O) groups is 1. The highest BCUT2D eigenvalue weighted by Gasteiger charge is 2.03. The molecule has 4 nitrogen and oxygen atoms in total. The van der Waals surface area contributed by atoms with Gasteiger partial charge in [0.1, 0.15) is 5.88 Å². The lowest BCUT2D eigenvalue weighted by Crippen LogP contribution is -2.12. The van der Waals surface area contributed by atoms with Gasteiger partial charge >= 0.3 is 0 Å². The minimum Gasteiger partial charge on any atom is -0.329 e. The normalized spacial score (nSPS) is 10.5. The molecule has 2 rings (SSSR count). The van der Waals surface area contributed by atoms with Crippen molar-refractivity contribution >= 4 is 45.8 Å². The second-order valence-corrected chi connectivity index (χ2v) is 3.57. The van der Waals surface area contributed by atoms with Crippen LogP contribution in [0.5, 0.6) is 0 Å². The molecule has 0 unspecified atom stereocenters. The number of anilines is 1. The zero-order valence-corrected chi connectivity index (χ0v) is 9.06. The Bertz CT molecular complexity index is 509. The number of nitrogens with zero attached hydrogens (tertiary/aromatic N) is 1. The van der Waals surface area contributed by atoms with Crippen LogP contribution in [-0.4, -0.2) is 21.8 Å². The number of nitrogens with one attached hydrogen (secondary N) is 2. The molecule has 1 aromatic carbocycles. The van der Waals surface area contributed by atoms with E-state index < -0.39 is 0 Å². The predicted molar refractivity (Wildman–Crippen MR) is 60.5 cm³/mol. The van der Waals surface area contributed by atoms with Gasteiger partial charge in [0, 0.05) is 5.69 Å². The van der Waals surface area contributed by atoms with E-state index in [0.717, 1.165) is 11.0 Å². The molecule has 0 saturated carbocycles. The summed E-state index contributed by atoms with van der Waals surface area (Å²) in [7, 11) is 0. The average molecular weight is 244 g/mol. The van der Waals surface area contributed by atoms with Crippen molar-refractivity contribution in [3.63, 3.8) is 0 Å². The molecule has 1 heterocycles. The number of alkyl halides is 1. The van der Waals surface area contributed by atoms with Gasteiger partial charge < -0.3 is 10.3 Å². The van der Waals surface area contributed by atoms with Gasteiger partial charge in [0.25, 0.3) is 0 Å². The second kappa shape index (κ2) is 4.08. The molecule has 0 radical (unpaired) electrons. The van der Waals surface area contributed by atoms with Crippen LogP contribution in [0, 0.1) is 0 Å². The van der Waals surface area contributed by atoms with Gasteiger partial charge in [0.2, 0.25) is 11.2 Å². The highest BCUT2D eigenvalue weighted by Crippen LogP contribution is 2.18. The van der Waals surface area contributed by atoms with E-state index in [1.165, 1.54) is 0 Å².